The Morgan fingerprint density at radius 1 is 1.07 bits per heavy atom. The zero-order valence-electron chi connectivity index (χ0n) is 19.3. The van der Waals surface area contributed by atoms with Gasteiger partial charge in [-0.3, -0.25) is 14.6 Å². The summed E-state index contributed by atoms with van der Waals surface area (Å²) in [5.41, 5.74) is 0.125. The van der Waals surface area contributed by atoms with Crippen LogP contribution in [0.25, 0.3) is 0 Å². The Morgan fingerprint density at radius 3 is 2.48 bits per heavy atom. The Morgan fingerprint density at radius 2 is 1.79 bits per heavy atom. The molecular formula is C23H45N3O3. The molecule has 29 heavy (non-hydrogen) atoms. The number of aliphatic hydroxyl groups is 1. The van der Waals surface area contributed by atoms with Gasteiger partial charge in [0.05, 0.1) is 6.10 Å². The fraction of sp³-hybridized carbons (Fsp3) is 0.913. The van der Waals surface area contributed by atoms with Gasteiger partial charge in [-0.2, -0.15) is 0 Å². The first-order chi connectivity index (χ1) is 13.7. The van der Waals surface area contributed by atoms with Crippen molar-refractivity contribution in [2.45, 2.75) is 104 Å². The van der Waals surface area contributed by atoms with E-state index in [0.717, 1.165) is 71.0 Å². The van der Waals surface area contributed by atoms with Gasteiger partial charge in [0.15, 0.2) is 0 Å². The number of rotatable bonds is 15. The molecule has 0 radical (unpaired) electrons. The highest BCUT2D eigenvalue weighted by Gasteiger charge is 2.28. The van der Waals surface area contributed by atoms with Gasteiger partial charge in [0, 0.05) is 39.0 Å². The molecule has 0 saturated carbocycles. The van der Waals surface area contributed by atoms with E-state index in [-0.39, 0.29) is 23.3 Å². The first-order valence-electron chi connectivity index (χ1n) is 11.7. The number of hydrogen-bond acceptors (Lipinski definition) is 4. The monoisotopic (exact) mass is 411 g/mol. The van der Waals surface area contributed by atoms with Gasteiger partial charge >= 0.3 is 0 Å². The van der Waals surface area contributed by atoms with Crippen molar-refractivity contribution < 1.29 is 14.7 Å². The minimum absolute atomic E-state index is 0.125. The lowest BCUT2D eigenvalue weighted by atomic mass is 9.97. The number of nitrogens with one attached hydrogen (secondary N) is 1. The van der Waals surface area contributed by atoms with E-state index in [0.29, 0.717) is 25.8 Å². The molecule has 0 aromatic heterocycles. The van der Waals surface area contributed by atoms with Crippen molar-refractivity contribution in [3.63, 3.8) is 0 Å². The van der Waals surface area contributed by atoms with E-state index in [4.69, 9.17) is 0 Å². The van der Waals surface area contributed by atoms with E-state index in [1.165, 1.54) is 0 Å². The number of hydrogen-bond donors (Lipinski definition) is 2. The molecule has 170 valence electrons. The highest BCUT2D eigenvalue weighted by molar-refractivity contribution is 5.77. The summed E-state index contributed by atoms with van der Waals surface area (Å²) in [6, 6.07) is 0. The largest absolute Gasteiger partial charge is 0.393 e. The summed E-state index contributed by atoms with van der Waals surface area (Å²) in [7, 11) is 0. The number of unbranched alkanes of at least 4 members (excludes halogenated alkanes) is 5. The molecule has 1 saturated heterocycles. The molecule has 2 N–H and O–H groups in total. The molecule has 1 aliphatic rings. The topological polar surface area (TPSA) is 72.9 Å². The fourth-order valence-corrected chi connectivity index (χ4v) is 3.56. The van der Waals surface area contributed by atoms with E-state index in [2.05, 4.69) is 38.0 Å². The van der Waals surface area contributed by atoms with Gasteiger partial charge in [-0.15, -0.1) is 0 Å². The molecule has 1 unspecified atom stereocenters. The second-order valence-electron chi connectivity index (χ2n) is 9.66. The Balaban J connectivity index is 2.14. The summed E-state index contributed by atoms with van der Waals surface area (Å²) in [4.78, 5) is 24.0. The maximum atomic E-state index is 12.2. The molecule has 0 aliphatic carbocycles. The molecule has 2 amide bonds. The van der Waals surface area contributed by atoms with Crippen molar-refractivity contribution in [3.8, 4) is 0 Å². The Kier molecular flexibility index (Phi) is 12.5. The maximum absolute atomic E-state index is 12.2. The predicted octanol–water partition coefficient (Wildman–Crippen LogP) is 3.88. The lowest BCUT2D eigenvalue weighted by Crippen LogP contribution is -2.41. The van der Waals surface area contributed by atoms with Crippen LogP contribution in [0.2, 0.25) is 0 Å². The van der Waals surface area contributed by atoms with E-state index in [9.17, 15) is 14.7 Å². The molecule has 0 spiro atoms. The molecule has 0 bridgehead atoms. The summed E-state index contributed by atoms with van der Waals surface area (Å²) >= 11 is 0. The maximum Gasteiger partial charge on any atom is 0.238 e. The number of hydrazine groups is 1. The second-order valence-corrected chi connectivity index (χ2v) is 9.66. The van der Waals surface area contributed by atoms with Crippen LogP contribution in [-0.4, -0.2) is 59.2 Å². The van der Waals surface area contributed by atoms with Gasteiger partial charge in [-0.05, 0) is 31.1 Å². The van der Waals surface area contributed by atoms with Crippen LogP contribution in [0.15, 0.2) is 0 Å². The van der Waals surface area contributed by atoms with Crippen LogP contribution < -0.4 is 5.32 Å². The molecule has 1 rings (SSSR count). The van der Waals surface area contributed by atoms with Crippen LogP contribution >= 0.6 is 0 Å². The number of nitrogens with zero attached hydrogens (tertiary/aromatic N) is 2. The quantitative estimate of drug-likeness (QED) is 0.401. The molecule has 1 fully saturated rings. The molecule has 0 aromatic rings. The van der Waals surface area contributed by atoms with Crippen LogP contribution in [0.4, 0.5) is 0 Å². The summed E-state index contributed by atoms with van der Waals surface area (Å²) < 4.78 is 0. The van der Waals surface area contributed by atoms with E-state index < -0.39 is 0 Å². The lowest BCUT2D eigenvalue weighted by molar-refractivity contribution is -0.138. The van der Waals surface area contributed by atoms with Gasteiger partial charge in [0.25, 0.3) is 0 Å². The van der Waals surface area contributed by atoms with Crippen LogP contribution in [0.3, 0.4) is 0 Å². The van der Waals surface area contributed by atoms with Gasteiger partial charge in [0.2, 0.25) is 11.8 Å². The van der Waals surface area contributed by atoms with Crippen molar-refractivity contribution in [3.05, 3.63) is 0 Å². The number of aliphatic hydroxyl groups excluding tert-OH is 1. The van der Waals surface area contributed by atoms with Crippen molar-refractivity contribution >= 4 is 11.8 Å². The Bertz CT molecular complexity index is 476. The lowest BCUT2D eigenvalue weighted by Gasteiger charge is -2.28. The number of carbonyl (C=O) groups is 2. The normalized spacial score (nSPS) is 16.4. The average molecular weight is 412 g/mol. The predicted molar refractivity (Wildman–Crippen MR) is 118 cm³/mol. The van der Waals surface area contributed by atoms with E-state index in [1.807, 2.05) is 5.01 Å². The summed E-state index contributed by atoms with van der Waals surface area (Å²) in [5, 5.41) is 17.1. The standard InChI is InChI=1S/C23H45N3O3/c1-5-6-9-12-20(27)14-18-26-22(29)15-17-25(26)16-11-8-7-10-13-21(28)24-19-23(2,3)4/h20,27H,5-19H2,1-4H3,(H,24,28). The average Bonchev–Trinajstić information content (AvgIpc) is 3.00. The molecule has 6 heteroatoms. The van der Waals surface area contributed by atoms with Crippen LogP contribution in [0.1, 0.15) is 98.3 Å². The van der Waals surface area contributed by atoms with Gasteiger partial charge in [0.1, 0.15) is 0 Å². The molecule has 1 aliphatic heterocycles. The third-order valence-corrected chi connectivity index (χ3v) is 5.41. The molecule has 1 heterocycles. The highest BCUT2D eigenvalue weighted by Crippen LogP contribution is 2.16. The zero-order valence-corrected chi connectivity index (χ0v) is 19.3. The smallest absolute Gasteiger partial charge is 0.238 e. The number of amides is 2. The first-order valence-corrected chi connectivity index (χ1v) is 11.7. The zero-order chi connectivity index (χ0) is 21.7. The third-order valence-electron chi connectivity index (χ3n) is 5.41. The highest BCUT2D eigenvalue weighted by atomic mass is 16.3. The molecular weight excluding hydrogens is 366 g/mol. The first kappa shape index (κ1) is 25.9. The summed E-state index contributed by atoms with van der Waals surface area (Å²) in [6.45, 7) is 11.5. The van der Waals surface area contributed by atoms with Gasteiger partial charge < -0.3 is 10.4 Å². The Labute approximate surface area is 178 Å². The van der Waals surface area contributed by atoms with Crippen molar-refractivity contribution in [2.24, 2.45) is 5.41 Å². The number of carbonyl (C=O) groups excluding carboxylic acids is 2. The second kappa shape index (κ2) is 14.0. The SMILES string of the molecule is CCCCCC(O)CCN1C(=O)CCN1CCCCCCC(=O)NCC(C)(C)C. The third kappa shape index (κ3) is 12.2. The Hall–Kier alpha value is -1.14. The minimum atomic E-state index is -0.304. The fourth-order valence-electron chi connectivity index (χ4n) is 3.56. The van der Waals surface area contributed by atoms with Gasteiger partial charge in [-0.25, -0.2) is 5.01 Å². The summed E-state index contributed by atoms with van der Waals surface area (Å²) in [6.07, 6.45) is 9.82. The molecule has 6 nitrogen and oxygen atoms in total. The van der Waals surface area contributed by atoms with Crippen LogP contribution in [-0.2, 0) is 9.59 Å². The van der Waals surface area contributed by atoms with Crippen molar-refractivity contribution in [1.29, 1.82) is 0 Å². The van der Waals surface area contributed by atoms with Crippen LogP contribution in [0.5, 0.6) is 0 Å². The van der Waals surface area contributed by atoms with E-state index in [1.54, 1.807) is 0 Å². The molecule has 1 atom stereocenters. The van der Waals surface area contributed by atoms with Crippen LogP contribution in [0, 0.1) is 5.41 Å². The van der Waals surface area contributed by atoms with E-state index >= 15 is 0 Å². The minimum Gasteiger partial charge on any atom is -0.393 e. The molecule has 0 aromatic carbocycles. The van der Waals surface area contributed by atoms with Crippen molar-refractivity contribution in [2.75, 3.05) is 26.2 Å². The van der Waals surface area contributed by atoms with Crippen molar-refractivity contribution in [1.82, 2.24) is 15.3 Å². The summed E-state index contributed by atoms with van der Waals surface area (Å²) in [5.74, 6) is 0.329. The van der Waals surface area contributed by atoms with Gasteiger partial charge in [-0.1, -0.05) is 59.8 Å².